The molecule has 3 N–H and O–H groups in total. The quantitative estimate of drug-likeness (QED) is 0.608. The molecule has 0 aliphatic carbocycles. The number of imide groups is 1. The van der Waals surface area contributed by atoms with E-state index in [1.54, 1.807) is 24.3 Å². The number of hydrogen-bond acceptors (Lipinski definition) is 5. The molecule has 3 rings (SSSR count). The number of anilines is 1. The predicted octanol–water partition coefficient (Wildman–Crippen LogP) is 1.36. The highest BCUT2D eigenvalue weighted by molar-refractivity contribution is 6.09. The van der Waals surface area contributed by atoms with Crippen molar-refractivity contribution in [2.24, 2.45) is 0 Å². The van der Waals surface area contributed by atoms with Gasteiger partial charge < -0.3 is 20.4 Å². The van der Waals surface area contributed by atoms with Gasteiger partial charge in [-0.15, -0.1) is 0 Å². The van der Waals surface area contributed by atoms with E-state index in [-0.39, 0.29) is 12.3 Å². The fourth-order valence-electron chi connectivity index (χ4n) is 3.09. The fraction of sp³-hybridized carbons (Fsp3) is 0.300. The first kappa shape index (κ1) is 20.1. The Labute approximate surface area is 167 Å². The van der Waals surface area contributed by atoms with Crippen LogP contribution in [0.3, 0.4) is 0 Å². The molecule has 2 heterocycles. The second kappa shape index (κ2) is 8.17. The van der Waals surface area contributed by atoms with Crippen molar-refractivity contribution in [3.8, 4) is 0 Å². The van der Waals surface area contributed by atoms with Crippen molar-refractivity contribution in [3.63, 3.8) is 0 Å². The van der Waals surface area contributed by atoms with Crippen LogP contribution in [0.25, 0.3) is 0 Å². The Kier molecular flexibility index (Phi) is 5.67. The lowest BCUT2D eigenvalue weighted by Gasteiger charge is -2.18. The summed E-state index contributed by atoms with van der Waals surface area (Å²) in [4.78, 5) is 49.9. The number of nitrogens with one attached hydrogen (secondary N) is 3. The Hall–Kier alpha value is -3.62. The Morgan fingerprint density at radius 3 is 2.59 bits per heavy atom. The number of amides is 5. The molecule has 29 heavy (non-hydrogen) atoms. The van der Waals surface area contributed by atoms with E-state index in [1.165, 1.54) is 13.2 Å². The monoisotopic (exact) mass is 398 g/mol. The largest absolute Gasteiger partial charge is 0.466 e. The van der Waals surface area contributed by atoms with Gasteiger partial charge in [-0.3, -0.25) is 19.3 Å². The first-order valence-electron chi connectivity index (χ1n) is 9.17. The van der Waals surface area contributed by atoms with E-state index in [9.17, 15) is 19.2 Å². The molecule has 1 aromatic heterocycles. The molecule has 1 unspecified atom stereocenters. The van der Waals surface area contributed by atoms with Crippen molar-refractivity contribution in [1.29, 1.82) is 0 Å². The van der Waals surface area contributed by atoms with E-state index in [2.05, 4.69) is 16.0 Å². The van der Waals surface area contributed by atoms with Crippen LogP contribution >= 0.6 is 0 Å². The maximum atomic E-state index is 12.6. The Morgan fingerprint density at radius 1 is 1.14 bits per heavy atom. The summed E-state index contributed by atoms with van der Waals surface area (Å²) in [5, 5.41) is 7.69. The van der Waals surface area contributed by atoms with Crippen LogP contribution in [0.4, 0.5) is 10.5 Å². The lowest BCUT2D eigenvalue weighted by Crippen LogP contribution is -2.44. The minimum atomic E-state index is -1.37. The van der Waals surface area contributed by atoms with Gasteiger partial charge in [0.1, 0.15) is 12.3 Å². The highest BCUT2D eigenvalue weighted by Crippen LogP contribution is 2.28. The number of hydrogen-bond donors (Lipinski definition) is 3. The number of carbonyl (C=O) groups excluding carboxylic acids is 4. The van der Waals surface area contributed by atoms with Crippen molar-refractivity contribution in [2.45, 2.75) is 25.8 Å². The molecule has 1 aromatic carbocycles. The molecule has 1 saturated heterocycles. The summed E-state index contributed by atoms with van der Waals surface area (Å²) in [5.74, 6) is -1.37. The molecule has 5 amide bonds. The zero-order valence-electron chi connectivity index (χ0n) is 16.2. The van der Waals surface area contributed by atoms with Gasteiger partial charge in [0.25, 0.3) is 5.91 Å². The van der Waals surface area contributed by atoms with Gasteiger partial charge in [0.15, 0.2) is 5.54 Å². The van der Waals surface area contributed by atoms with E-state index < -0.39 is 35.8 Å². The lowest BCUT2D eigenvalue weighted by atomic mass is 9.99. The average molecular weight is 398 g/mol. The van der Waals surface area contributed by atoms with E-state index in [1.807, 2.05) is 19.1 Å². The maximum absolute atomic E-state index is 12.6. The Bertz CT molecular complexity index is 940. The topological polar surface area (TPSA) is 121 Å². The maximum Gasteiger partial charge on any atom is 0.325 e. The summed E-state index contributed by atoms with van der Waals surface area (Å²) >= 11 is 0. The smallest absolute Gasteiger partial charge is 0.325 e. The number of urea groups is 1. The molecular weight excluding hydrogens is 376 g/mol. The van der Waals surface area contributed by atoms with Crippen LogP contribution in [-0.4, -0.2) is 41.7 Å². The van der Waals surface area contributed by atoms with Crippen LogP contribution < -0.4 is 16.0 Å². The number of furan rings is 1. The molecule has 1 atom stereocenters. The van der Waals surface area contributed by atoms with Crippen molar-refractivity contribution >= 4 is 29.4 Å². The normalized spacial score (nSPS) is 18.5. The second-order valence-corrected chi connectivity index (χ2v) is 6.76. The van der Waals surface area contributed by atoms with Crippen molar-refractivity contribution < 1.29 is 23.6 Å². The van der Waals surface area contributed by atoms with Crippen LogP contribution in [0.1, 0.15) is 25.2 Å². The minimum Gasteiger partial charge on any atom is -0.466 e. The number of aryl methyl sites for hydroxylation is 1. The van der Waals surface area contributed by atoms with Crippen molar-refractivity contribution in [3.05, 3.63) is 54.0 Å². The third-order valence-electron chi connectivity index (χ3n) is 4.71. The van der Waals surface area contributed by atoms with E-state index in [4.69, 9.17) is 4.42 Å². The predicted molar refractivity (Wildman–Crippen MR) is 104 cm³/mol. The van der Waals surface area contributed by atoms with Gasteiger partial charge in [-0.05, 0) is 37.1 Å². The van der Waals surface area contributed by atoms with Gasteiger partial charge in [0, 0.05) is 5.69 Å². The zero-order chi connectivity index (χ0) is 21.0. The number of benzene rings is 1. The first-order valence-corrected chi connectivity index (χ1v) is 9.17. The standard InChI is InChI=1S/C20H22N4O5/c1-3-13-7-4-5-8-14(13)22-16(25)11-21-17(26)12-24-18(27)20(2,23-19(24)28)15-9-6-10-29-15/h4-10H,3,11-12H2,1-2H3,(H,21,26)(H,22,25)(H,23,28). The summed E-state index contributed by atoms with van der Waals surface area (Å²) in [5.41, 5.74) is 0.281. The third-order valence-corrected chi connectivity index (χ3v) is 4.71. The molecule has 9 nitrogen and oxygen atoms in total. The van der Waals surface area contributed by atoms with Gasteiger partial charge in [-0.2, -0.15) is 0 Å². The van der Waals surface area contributed by atoms with Crippen molar-refractivity contribution in [1.82, 2.24) is 15.5 Å². The second-order valence-electron chi connectivity index (χ2n) is 6.76. The molecule has 0 saturated carbocycles. The summed E-state index contributed by atoms with van der Waals surface area (Å²) in [7, 11) is 0. The molecule has 1 aliphatic heterocycles. The van der Waals surface area contributed by atoms with E-state index >= 15 is 0 Å². The third kappa shape index (κ3) is 4.13. The van der Waals surface area contributed by atoms with Crippen LogP contribution in [0.2, 0.25) is 0 Å². The fourth-order valence-corrected chi connectivity index (χ4v) is 3.09. The number of carbonyl (C=O) groups is 4. The van der Waals surface area contributed by atoms with Crippen LogP contribution in [0.5, 0.6) is 0 Å². The number of para-hydroxylation sites is 1. The summed E-state index contributed by atoms with van der Waals surface area (Å²) in [6, 6.07) is 9.84. The molecule has 9 heteroatoms. The highest BCUT2D eigenvalue weighted by atomic mass is 16.3. The summed E-state index contributed by atoms with van der Waals surface area (Å²) in [6.45, 7) is 2.69. The average Bonchev–Trinajstić information content (AvgIpc) is 3.31. The molecular formula is C20H22N4O5. The Morgan fingerprint density at radius 2 is 1.90 bits per heavy atom. The molecule has 0 radical (unpaired) electrons. The molecule has 152 valence electrons. The summed E-state index contributed by atoms with van der Waals surface area (Å²) < 4.78 is 5.23. The minimum absolute atomic E-state index is 0.271. The molecule has 2 aromatic rings. The van der Waals surface area contributed by atoms with Crippen LogP contribution in [0.15, 0.2) is 47.1 Å². The molecule has 0 bridgehead atoms. The zero-order valence-corrected chi connectivity index (χ0v) is 16.2. The van der Waals surface area contributed by atoms with Gasteiger partial charge in [0.2, 0.25) is 11.8 Å². The first-order chi connectivity index (χ1) is 13.8. The number of nitrogens with zero attached hydrogens (tertiary/aromatic N) is 1. The molecule has 1 fully saturated rings. The van der Waals surface area contributed by atoms with E-state index in [0.29, 0.717) is 5.69 Å². The highest BCUT2D eigenvalue weighted by Gasteiger charge is 2.51. The van der Waals surface area contributed by atoms with Gasteiger partial charge in [-0.1, -0.05) is 25.1 Å². The SMILES string of the molecule is CCc1ccccc1NC(=O)CNC(=O)CN1C(=O)NC(C)(c2ccco2)C1=O. The van der Waals surface area contributed by atoms with Crippen molar-refractivity contribution in [2.75, 3.05) is 18.4 Å². The van der Waals surface area contributed by atoms with Gasteiger partial charge >= 0.3 is 6.03 Å². The lowest BCUT2D eigenvalue weighted by molar-refractivity contribution is -0.135. The molecule has 0 spiro atoms. The molecule has 1 aliphatic rings. The number of rotatable bonds is 7. The van der Waals surface area contributed by atoms with E-state index in [0.717, 1.165) is 16.9 Å². The van der Waals surface area contributed by atoms with Gasteiger partial charge in [-0.25, -0.2) is 4.79 Å². The Balaban J connectivity index is 1.55. The van der Waals surface area contributed by atoms with Gasteiger partial charge in [0.05, 0.1) is 12.8 Å². The summed E-state index contributed by atoms with van der Waals surface area (Å²) in [6.07, 6.45) is 2.15. The van der Waals surface area contributed by atoms with Crippen LogP contribution in [-0.2, 0) is 26.3 Å². The van der Waals surface area contributed by atoms with Crippen LogP contribution in [0, 0.1) is 0 Å².